The highest BCUT2D eigenvalue weighted by Crippen LogP contribution is 2.27. The Bertz CT molecular complexity index is 544. The van der Waals surface area contributed by atoms with E-state index in [9.17, 15) is 9.90 Å². The Morgan fingerprint density at radius 3 is 2.91 bits per heavy atom. The normalized spacial score (nSPS) is 28.8. The molecule has 2 heterocycles. The zero-order valence-electron chi connectivity index (χ0n) is 12.5. The minimum atomic E-state index is -0.625. The van der Waals surface area contributed by atoms with Crippen molar-refractivity contribution in [3.63, 3.8) is 0 Å². The van der Waals surface area contributed by atoms with Gasteiger partial charge in [0.05, 0.1) is 19.3 Å². The van der Waals surface area contributed by atoms with Crippen LogP contribution in [-0.4, -0.2) is 61.7 Å². The van der Waals surface area contributed by atoms with E-state index in [1.54, 1.807) is 24.3 Å². The number of amides is 1. The van der Waals surface area contributed by atoms with Crippen LogP contribution in [0.1, 0.15) is 10.4 Å². The Morgan fingerprint density at radius 2 is 2.13 bits per heavy atom. The van der Waals surface area contributed by atoms with Crippen LogP contribution in [0.5, 0.6) is 5.75 Å². The Balaban J connectivity index is 0.00000192. The van der Waals surface area contributed by atoms with Gasteiger partial charge in [0.1, 0.15) is 30.7 Å². The molecule has 7 nitrogen and oxygen atoms in total. The lowest BCUT2D eigenvalue weighted by Gasteiger charge is -2.17. The van der Waals surface area contributed by atoms with Gasteiger partial charge in [0.25, 0.3) is 5.91 Å². The minimum Gasteiger partial charge on any atom is -0.492 e. The molecule has 0 unspecified atom stereocenters. The topological polar surface area (TPSA) is 103 Å². The highest BCUT2D eigenvalue weighted by atomic mass is 35.5. The van der Waals surface area contributed by atoms with Crippen molar-refractivity contribution in [1.82, 2.24) is 5.32 Å². The highest BCUT2D eigenvalue weighted by molar-refractivity contribution is 5.94. The molecule has 4 atom stereocenters. The van der Waals surface area contributed by atoms with Crippen LogP contribution < -0.4 is 15.8 Å². The second-order valence-electron chi connectivity index (χ2n) is 5.41. The number of halogens is 1. The molecule has 1 aromatic rings. The summed E-state index contributed by atoms with van der Waals surface area (Å²) in [4.78, 5) is 12.3. The van der Waals surface area contributed by atoms with Gasteiger partial charge in [-0.05, 0) is 18.2 Å². The monoisotopic (exact) mass is 344 g/mol. The van der Waals surface area contributed by atoms with Gasteiger partial charge in [0, 0.05) is 12.1 Å². The summed E-state index contributed by atoms with van der Waals surface area (Å²) in [6.07, 6.45) is -1.28. The van der Waals surface area contributed by atoms with Crippen molar-refractivity contribution in [2.45, 2.75) is 24.4 Å². The number of nitrogens with two attached hydrogens (primary N) is 1. The smallest absolute Gasteiger partial charge is 0.251 e. The molecule has 2 aliphatic rings. The van der Waals surface area contributed by atoms with Crippen molar-refractivity contribution < 1.29 is 24.1 Å². The van der Waals surface area contributed by atoms with Gasteiger partial charge in [-0.3, -0.25) is 4.79 Å². The van der Waals surface area contributed by atoms with E-state index in [1.165, 1.54) is 0 Å². The van der Waals surface area contributed by atoms with E-state index in [4.69, 9.17) is 19.9 Å². The molecule has 0 aliphatic carbocycles. The van der Waals surface area contributed by atoms with E-state index < -0.39 is 6.10 Å². The molecule has 0 aromatic heterocycles. The predicted octanol–water partition coefficient (Wildman–Crippen LogP) is -0.297. The number of rotatable bonds is 5. The van der Waals surface area contributed by atoms with E-state index in [1.807, 2.05) is 0 Å². The van der Waals surface area contributed by atoms with Crippen molar-refractivity contribution in [2.75, 3.05) is 26.4 Å². The molecule has 2 fully saturated rings. The molecule has 128 valence electrons. The molecular formula is C15H21ClN2O5. The number of nitrogens with one attached hydrogen (secondary N) is 1. The average molecular weight is 345 g/mol. The zero-order chi connectivity index (χ0) is 15.5. The standard InChI is InChI=1S/C15H20N2O5.ClH/c16-4-5-20-10-3-1-2-9(6-10)15(19)17-11-7-21-14-12(18)8-22-13(11)14;/h1-3,6,11-14,18H,4-5,7-8,16H2,(H,17,19);1H/t11-,12-,13-,14-;/m1./s1. The number of hydrogen-bond acceptors (Lipinski definition) is 6. The predicted molar refractivity (Wildman–Crippen MR) is 85.0 cm³/mol. The first kappa shape index (κ1) is 18.0. The van der Waals surface area contributed by atoms with Gasteiger partial charge in [-0.1, -0.05) is 6.07 Å². The van der Waals surface area contributed by atoms with Gasteiger partial charge in [0.2, 0.25) is 0 Å². The second-order valence-corrected chi connectivity index (χ2v) is 5.41. The Labute approximate surface area is 140 Å². The largest absolute Gasteiger partial charge is 0.492 e. The first-order valence-electron chi connectivity index (χ1n) is 7.34. The van der Waals surface area contributed by atoms with E-state index in [2.05, 4.69) is 5.32 Å². The van der Waals surface area contributed by atoms with Crippen LogP contribution in [-0.2, 0) is 9.47 Å². The quantitative estimate of drug-likeness (QED) is 0.678. The lowest BCUT2D eigenvalue weighted by Crippen LogP contribution is -2.44. The zero-order valence-corrected chi connectivity index (χ0v) is 13.3. The van der Waals surface area contributed by atoms with E-state index >= 15 is 0 Å². The minimum absolute atomic E-state index is 0. The molecule has 0 radical (unpaired) electrons. The van der Waals surface area contributed by atoms with Crippen LogP contribution in [0, 0.1) is 0 Å². The van der Waals surface area contributed by atoms with Crippen LogP contribution in [0.4, 0.5) is 0 Å². The molecule has 2 saturated heterocycles. The fourth-order valence-electron chi connectivity index (χ4n) is 2.76. The third-order valence-electron chi connectivity index (χ3n) is 3.83. The molecule has 23 heavy (non-hydrogen) atoms. The van der Waals surface area contributed by atoms with Crippen LogP contribution in [0.25, 0.3) is 0 Å². The molecule has 8 heteroatoms. The fourth-order valence-corrected chi connectivity index (χ4v) is 2.76. The number of benzene rings is 1. The van der Waals surface area contributed by atoms with Crippen molar-refractivity contribution in [3.8, 4) is 5.75 Å². The van der Waals surface area contributed by atoms with Crippen LogP contribution in [0.2, 0.25) is 0 Å². The molecule has 3 rings (SSSR count). The van der Waals surface area contributed by atoms with E-state index in [0.29, 0.717) is 31.1 Å². The van der Waals surface area contributed by atoms with Gasteiger partial charge >= 0.3 is 0 Å². The number of fused-ring (bicyclic) bond motifs is 1. The number of aliphatic hydroxyl groups is 1. The van der Waals surface area contributed by atoms with Crippen molar-refractivity contribution in [2.24, 2.45) is 5.73 Å². The Hall–Kier alpha value is -1.38. The van der Waals surface area contributed by atoms with Gasteiger partial charge in [-0.15, -0.1) is 12.4 Å². The van der Waals surface area contributed by atoms with Crippen molar-refractivity contribution in [1.29, 1.82) is 0 Å². The van der Waals surface area contributed by atoms with Gasteiger partial charge < -0.3 is 30.4 Å². The van der Waals surface area contributed by atoms with E-state index in [0.717, 1.165) is 0 Å². The Morgan fingerprint density at radius 1 is 1.35 bits per heavy atom. The lowest BCUT2D eigenvalue weighted by molar-refractivity contribution is 0.0178. The summed E-state index contributed by atoms with van der Waals surface area (Å²) >= 11 is 0. The van der Waals surface area contributed by atoms with Crippen LogP contribution >= 0.6 is 12.4 Å². The third kappa shape index (κ3) is 3.94. The molecule has 0 bridgehead atoms. The van der Waals surface area contributed by atoms with E-state index in [-0.39, 0.29) is 43.2 Å². The van der Waals surface area contributed by atoms with Crippen LogP contribution in [0.3, 0.4) is 0 Å². The van der Waals surface area contributed by atoms with Gasteiger partial charge in [0.15, 0.2) is 0 Å². The average Bonchev–Trinajstić information content (AvgIpc) is 3.09. The second kappa shape index (κ2) is 7.94. The molecule has 2 aliphatic heterocycles. The van der Waals surface area contributed by atoms with Crippen molar-refractivity contribution in [3.05, 3.63) is 29.8 Å². The number of hydrogen-bond donors (Lipinski definition) is 3. The first-order valence-corrected chi connectivity index (χ1v) is 7.34. The number of ether oxygens (including phenoxy) is 3. The van der Waals surface area contributed by atoms with Gasteiger partial charge in [-0.2, -0.15) is 0 Å². The Kier molecular flexibility index (Phi) is 6.20. The van der Waals surface area contributed by atoms with Gasteiger partial charge in [-0.25, -0.2) is 0 Å². The molecular weight excluding hydrogens is 324 g/mol. The molecule has 1 aromatic carbocycles. The van der Waals surface area contributed by atoms with Crippen LogP contribution in [0.15, 0.2) is 24.3 Å². The van der Waals surface area contributed by atoms with Crippen molar-refractivity contribution >= 4 is 18.3 Å². The SMILES string of the molecule is Cl.NCCOc1cccc(C(=O)N[C@@H]2CO[C@H]3[C@@H]2OC[C@H]3O)c1. The lowest BCUT2D eigenvalue weighted by atomic mass is 10.1. The summed E-state index contributed by atoms with van der Waals surface area (Å²) in [5, 5.41) is 12.6. The third-order valence-corrected chi connectivity index (χ3v) is 3.83. The molecule has 1 amide bonds. The molecule has 0 spiro atoms. The first-order chi connectivity index (χ1) is 10.7. The number of aliphatic hydroxyl groups excluding tert-OH is 1. The number of carbonyl (C=O) groups is 1. The summed E-state index contributed by atoms with van der Waals surface area (Å²) in [6.45, 7) is 1.39. The maximum absolute atomic E-state index is 12.3. The maximum atomic E-state index is 12.3. The molecule has 4 N–H and O–H groups in total. The molecule has 0 saturated carbocycles. The summed E-state index contributed by atoms with van der Waals surface area (Å²) in [7, 11) is 0. The summed E-state index contributed by atoms with van der Waals surface area (Å²) in [6, 6.07) is 6.65. The summed E-state index contributed by atoms with van der Waals surface area (Å²) < 4.78 is 16.4. The fraction of sp³-hybridized carbons (Fsp3) is 0.533. The number of carbonyl (C=O) groups excluding carboxylic acids is 1. The summed E-state index contributed by atoms with van der Waals surface area (Å²) in [5.41, 5.74) is 5.89. The highest BCUT2D eigenvalue weighted by Gasteiger charge is 2.47. The summed E-state index contributed by atoms with van der Waals surface area (Å²) in [5.74, 6) is 0.378. The maximum Gasteiger partial charge on any atom is 0.251 e.